The minimum Gasteiger partial charge on any atom is -0.507 e. The third-order valence-corrected chi connectivity index (χ3v) is 6.23. The number of rotatable bonds is 7. The standard InChI is InChI=1S/C27H32N2O5/c1-18(2)34-22-10-9-21(17-19(22)3)25(30)23-24(20-7-5-4-6-8-20)29(27(32)26(23)31)12-11-28-13-15-33-16-14-28/h4-10,17-18,24,30H,11-16H2,1-3H3/t24-/m1/s1. The summed E-state index contributed by atoms with van der Waals surface area (Å²) in [6.07, 6.45) is 0.0213. The molecular weight excluding hydrogens is 432 g/mol. The molecule has 180 valence electrons. The first-order valence-electron chi connectivity index (χ1n) is 11.8. The van der Waals surface area contributed by atoms with Crippen molar-refractivity contribution in [1.29, 1.82) is 0 Å². The fraction of sp³-hybridized carbons (Fsp3) is 0.407. The second kappa shape index (κ2) is 10.4. The molecule has 0 spiro atoms. The minimum atomic E-state index is -0.659. The molecule has 7 nitrogen and oxygen atoms in total. The number of aryl methyl sites for hydroxylation is 1. The number of nitrogens with zero attached hydrogens (tertiary/aromatic N) is 2. The molecule has 2 aliphatic heterocycles. The minimum absolute atomic E-state index is 0.0213. The largest absolute Gasteiger partial charge is 0.507 e. The number of ketones is 1. The van der Waals surface area contributed by atoms with E-state index in [1.54, 1.807) is 23.1 Å². The fourth-order valence-electron chi connectivity index (χ4n) is 4.50. The molecule has 0 unspecified atom stereocenters. The molecule has 7 heteroatoms. The van der Waals surface area contributed by atoms with Crippen LogP contribution >= 0.6 is 0 Å². The normalized spacial score (nSPS) is 20.8. The lowest BCUT2D eigenvalue weighted by molar-refractivity contribution is -0.140. The summed E-state index contributed by atoms with van der Waals surface area (Å²) in [6, 6.07) is 14.1. The molecule has 2 heterocycles. The Morgan fingerprint density at radius 2 is 1.79 bits per heavy atom. The number of aliphatic hydroxyl groups is 1. The zero-order valence-corrected chi connectivity index (χ0v) is 20.0. The Hall–Kier alpha value is -3.16. The number of amides is 1. The van der Waals surface area contributed by atoms with Crippen LogP contribution in [0.2, 0.25) is 0 Å². The number of aliphatic hydroxyl groups excluding tert-OH is 1. The third kappa shape index (κ3) is 5.00. The molecule has 1 N–H and O–H groups in total. The Labute approximate surface area is 200 Å². The van der Waals surface area contributed by atoms with Crippen LogP contribution in [0, 0.1) is 6.92 Å². The van der Waals surface area contributed by atoms with Crippen molar-refractivity contribution >= 4 is 17.4 Å². The highest BCUT2D eigenvalue weighted by Crippen LogP contribution is 2.39. The summed E-state index contributed by atoms with van der Waals surface area (Å²) >= 11 is 0. The van der Waals surface area contributed by atoms with Gasteiger partial charge in [-0.15, -0.1) is 0 Å². The van der Waals surface area contributed by atoms with E-state index in [0.29, 0.717) is 31.9 Å². The van der Waals surface area contributed by atoms with Gasteiger partial charge in [-0.05, 0) is 50.1 Å². The highest BCUT2D eigenvalue weighted by molar-refractivity contribution is 6.46. The van der Waals surface area contributed by atoms with Gasteiger partial charge >= 0.3 is 0 Å². The Morgan fingerprint density at radius 3 is 2.44 bits per heavy atom. The number of morpholine rings is 1. The first-order chi connectivity index (χ1) is 16.4. The highest BCUT2D eigenvalue weighted by atomic mass is 16.5. The Bertz CT molecular complexity index is 1070. The summed E-state index contributed by atoms with van der Waals surface area (Å²) in [5, 5.41) is 11.3. The zero-order chi connectivity index (χ0) is 24.2. The summed E-state index contributed by atoms with van der Waals surface area (Å²) in [5.74, 6) is -0.689. The zero-order valence-electron chi connectivity index (χ0n) is 20.0. The van der Waals surface area contributed by atoms with Gasteiger partial charge in [-0.3, -0.25) is 14.5 Å². The van der Waals surface area contributed by atoms with Crippen LogP contribution in [0.3, 0.4) is 0 Å². The van der Waals surface area contributed by atoms with Crippen LogP contribution in [-0.2, 0) is 14.3 Å². The van der Waals surface area contributed by atoms with Gasteiger partial charge in [0.1, 0.15) is 11.5 Å². The van der Waals surface area contributed by atoms with Crippen molar-refractivity contribution in [2.75, 3.05) is 39.4 Å². The van der Waals surface area contributed by atoms with E-state index >= 15 is 0 Å². The van der Waals surface area contributed by atoms with Crippen LogP contribution in [0.15, 0.2) is 54.1 Å². The smallest absolute Gasteiger partial charge is 0.295 e. The maximum absolute atomic E-state index is 13.2. The second-order valence-electron chi connectivity index (χ2n) is 9.00. The molecule has 2 aromatic rings. The van der Waals surface area contributed by atoms with Gasteiger partial charge in [-0.2, -0.15) is 0 Å². The summed E-state index contributed by atoms with van der Waals surface area (Å²) in [7, 11) is 0. The number of Topliss-reactive ketones (excluding diaryl/α,β-unsaturated/α-hetero) is 1. The average Bonchev–Trinajstić information content (AvgIpc) is 3.09. The SMILES string of the molecule is Cc1cc(C(O)=C2C(=O)C(=O)N(CCN3CCOCC3)[C@@H]2c2ccccc2)ccc1OC(C)C. The van der Waals surface area contributed by atoms with E-state index in [0.717, 1.165) is 30.0 Å². The van der Waals surface area contributed by atoms with Crippen molar-refractivity contribution < 1.29 is 24.2 Å². The van der Waals surface area contributed by atoms with Crippen molar-refractivity contribution in [1.82, 2.24) is 9.80 Å². The molecule has 0 aromatic heterocycles. The van der Waals surface area contributed by atoms with Gasteiger partial charge in [0.05, 0.1) is 30.9 Å². The van der Waals surface area contributed by atoms with Crippen LogP contribution < -0.4 is 4.74 Å². The van der Waals surface area contributed by atoms with E-state index in [9.17, 15) is 14.7 Å². The first-order valence-corrected chi connectivity index (χ1v) is 11.8. The number of carbonyl (C=O) groups is 2. The van der Waals surface area contributed by atoms with Crippen LogP contribution in [-0.4, -0.2) is 72.1 Å². The quantitative estimate of drug-likeness (QED) is 0.384. The van der Waals surface area contributed by atoms with Crippen molar-refractivity contribution in [3.05, 3.63) is 70.8 Å². The van der Waals surface area contributed by atoms with Crippen molar-refractivity contribution in [2.45, 2.75) is 32.9 Å². The van der Waals surface area contributed by atoms with Crippen molar-refractivity contribution in [3.63, 3.8) is 0 Å². The van der Waals surface area contributed by atoms with Gasteiger partial charge in [0.25, 0.3) is 11.7 Å². The monoisotopic (exact) mass is 464 g/mol. The van der Waals surface area contributed by atoms with Crippen molar-refractivity contribution in [2.24, 2.45) is 0 Å². The number of hydrogen-bond acceptors (Lipinski definition) is 6. The predicted octanol–water partition coefficient (Wildman–Crippen LogP) is 3.54. The molecule has 2 saturated heterocycles. The number of likely N-dealkylation sites (tertiary alicyclic amines) is 1. The highest BCUT2D eigenvalue weighted by Gasteiger charge is 2.46. The molecular formula is C27H32N2O5. The van der Waals surface area contributed by atoms with E-state index in [1.165, 1.54) is 0 Å². The van der Waals surface area contributed by atoms with E-state index in [-0.39, 0.29) is 17.4 Å². The molecule has 2 fully saturated rings. The maximum atomic E-state index is 13.2. The van der Waals surface area contributed by atoms with Gasteiger partial charge in [0.15, 0.2) is 0 Å². The molecule has 0 bridgehead atoms. The lowest BCUT2D eigenvalue weighted by Gasteiger charge is -2.31. The third-order valence-electron chi connectivity index (χ3n) is 6.23. The predicted molar refractivity (Wildman–Crippen MR) is 130 cm³/mol. The lowest BCUT2D eigenvalue weighted by atomic mass is 9.95. The molecule has 1 amide bonds. The van der Waals surface area contributed by atoms with Gasteiger partial charge in [0, 0.05) is 31.7 Å². The second-order valence-corrected chi connectivity index (χ2v) is 9.00. The van der Waals surface area contributed by atoms with Crippen LogP contribution in [0.4, 0.5) is 0 Å². The maximum Gasteiger partial charge on any atom is 0.295 e. The molecule has 0 saturated carbocycles. The van der Waals surface area contributed by atoms with E-state index in [1.807, 2.05) is 51.1 Å². The molecule has 2 aliphatic rings. The summed E-state index contributed by atoms with van der Waals surface area (Å²) < 4.78 is 11.2. The van der Waals surface area contributed by atoms with Crippen LogP contribution in [0.1, 0.15) is 36.6 Å². The summed E-state index contributed by atoms with van der Waals surface area (Å²) in [4.78, 5) is 30.1. The molecule has 2 aromatic carbocycles. The van der Waals surface area contributed by atoms with Gasteiger partial charge in [-0.1, -0.05) is 30.3 Å². The van der Waals surface area contributed by atoms with Crippen LogP contribution in [0.5, 0.6) is 5.75 Å². The molecule has 34 heavy (non-hydrogen) atoms. The lowest BCUT2D eigenvalue weighted by Crippen LogP contribution is -2.42. The molecule has 0 aliphatic carbocycles. The molecule has 1 atom stereocenters. The van der Waals surface area contributed by atoms with Crippen molar-refractivity contribution in [3.8, 4) is 5.75 Å². The molecule has 4 rings (SSSR count). The average molecular weight is 465 g/mol. The van der Waals surface area contributed by atoms with E-state index in [4.69, 9.17) is 9.47 Å². The number of benzene rings is 2. The van der Waals surface area contributed by atoms with Gasteiger partial charge in [0.2, 0.25) is 0 Å². The van der Waals surface area contributed by atoms with Crippen LogP contribution in [0.25, 0.3) is 5.76 Å². The number of carbonyl (C=O) groups excluding carboxylic acids is 2. The number of ether oxygens (including phenoxy) is 2. The van der Waals surface area contributed by atoms with E-state index < -0.39 is 17.7 Å². The Morgan fingerprint density at radius 1 is 1.09 bits per heavy atom. The summed E-state index contributed by atoms with van der Waals surface area (Å²) in [5.41, 5.74) is 2.24. The Balaban J connectivity index is 1.70. The Kier molecular flexibility index (Phi) is 7.34. The van der Waals surface area contributed by atoms with E-state index in [2.05, 4.69) is 4.90 Å². The van der Waals surface area contributed by atoms with Gasteiger partial charge in [-0.25, -0.2) is 0 Å². The topological polar surface area (TPSA) is 79.3 Å². The first kappa shape index (κ1) is 24.0. The van der Waals surface area contributed by atoms with Gasteiger partial charge < -0.3 is 19.5 Å². The number of hydrogen-bond donors (Lipinski definition) is 1. The molecule has 0 radical (unpaired) electrons. The fourth-order valence-corrected chi connectivity index (χ4v) is 4.50. The summed E-state index contributed by atoms with van der Waals surface area (Å²) in [6.45, 7) is 9.74.